The first-order chi connectivity index (χ1) is 13.4. The molecule has 1 aliphatic heterocycles. The van der Waals surface area contributed by atoms with Crippen LogP contribution in [-0.4, -0.2) is 63.1 Å². The summed E-state index contributed by atoms with van der Waals surface area (Å²) in [7, 11) is 2.57. The van der Waals surface area contributed by atoms with Crippen molar-refractivity contribution in [1.82, 2.24) is 10.2 Å². The van der Waals surface area contributed by atoms with E-state index in [9.17, 15) is 14.4 Å². The van der Waals surface area contributed by atoms with E-state index in [0.29, 0.717) is 24.2 Å². The molecule has 1 heterocycles. The topological polar surface area (TPSA) is 84.9 Å². The number of hydrogen-bond donors (Lipinski definition) is 1. The molecule has 1 saturated heterocycles. The number of piperazine rings is 1. The molecule has 1 fully saturated rings. The van der Waals surface area contributed by atoms with Gasteiger partial charge in [-0.05, 0) is 23.6 Å². The molecule has 0 atom stereocenters. The van der Waals surface area contributed by atoms with Crippen molar-refractivity contribution in [3.63, 3.8) is 0 Å². The molecule has 0 bridgehead atoms. The van der Waals surface area contributed by atoms with Crippen LogP contribution in [-0.2, 0) is 25.5 Å². The van der Waals surface area contributed by atoms with Gasteiger partial charge in [-0.25, -0.2) is 9.59 Å². The van der Waals surface area contributed by atoms with Crippen molar-refractivity contribution in [3.8, 4) is 0 Å². The van der Waals surface area contributed by atoms with E-state index in [0.717, 1.165) is 18.7 Å². The number of nitrogens with zero attached hydrogens (tertiary/aromatic N) is 1. The number of hydrogen-bond acceptors (Lipinski definition) is 6. The number of amides is 1. The summed E-state index contributed by atoms with van der Waals surface area (Å²) in [6, 6.07) is 7.10. The van der Waals surface area contributed by atoms with E-state index in [1.165, 1.54) is 14.2 Å². The third-order valence-corrected chi connectivity index (χ3v) is 4.73. The fourth-order valence-corrected chi connectivity index (χ4v) is 3.24. The molecule has 0 aromatic heterocycles. The van der Waals surface area contributed by atoms with Gasteiger partial charge in [0.2, 0.25) is 0 Å². The van der Waals surface area contributed by atoms with Gasteiger partial charge < -0.3 is 19.7 Å². The Bertz CT molecular complexity index is 747. The van der Waals surface area contributed by atoms with E-state index in [4.69, 9.17) is 9.47 Å². The van der Waals surface area contributed by atoms with Crippen LogP contribution in [0.1, 0.15) is 29.8 Å². The fraction of sp³-hybridized carbons (Fsp3) is 0.476. The van der Waals surface area contributed by atoms with Crippen LogP contribution in [0.3, 0.4) is 0 Å². The van der Waals surface area contributed by atoms with E-state index < -0.39 is 11.9 Å². The van der Waals surface area contributed by atoms with Gasteiger partial charge in [0.1, 0.15) is 0 Å². The fourth-order valence-electron chi connectivity index (χ4n) is 3.24. The maximum absolute atomic E-state index is 12.6. The summed E-state index contributed by atoms with van der Waals surface area (Å²) in [5.74, 6) is -1.31. The van der Waals surface area contributed by atoms with Crippen molar-refractivity contribution in [2.45, 2.75) is 20.3 Å². The molecule has 28 heavy (non-hydrogen) atoms. The van der Waals surface area contributed by atoms with Gasteiger partial charge in [-0.3, -0.25) is 4.79 Å². The second-order valence-electron chi connectivity index (χ2n) is 6.95. The number of nitrogens with one attached hydrogen (secondary N) is 1. The lowest BCUT2D eigenvalue weighted by atomic mass is 9.92. The molecule has 1 aromatic rings. The zero-order valence-electron chi connectivity index (χ0n) is 16.9. The molecule has 1 amide bonds. The second-order valence-corrected chi connectivity index (χ2v) is 6.95. The van der Waals surface area contributed by atoms with Crippen molar-refractivity contribution >= 4 is 17.8 Å². The van der Waals surface area contributed by atoms with Crippen LogP contribution in [0.2, 0.25) is 0 Å². The lowest BCUT2D eigenvalue weighted by Gasteiger charge is -2.27. The number of carbonyl (C=O) groups is 3. The predicted octanol–water partition coefficient (Wildman–Crippen LogP) is 1.57. The van der Waals surface area contributed by atoms with Gasteiger partial charge in [0.25, 0.3) is 5.91 Å². The van der Waals surface area contributed by atoms with Crippen molar-refractivity contribution in [2.75, 3.05) is 40.4 Å². The van der Waals surface area contributed by atoms with Gasteiger partial charge in [0.15, 0.2) is 0 Å². The van der Waals surface area contributed by atoms with Crippen LogP contribution in [0.5, 0.6) is 0 Å². The highest BCUT2D eigenvalue weighted by atomic mass is 16.5. The van der Waals surface area contributed by atoms with Crippen LogP contribution >= 0.6 is 0 Å². The minimum Gasteiger partial charge on any atom is -0.466 e. The first-order valence-corrected chi connectivity index (χ1v) is 9.37. The van der Waals surface area contributed by atoms with Crippen LogP contribution in [0.4, 0.5) is 0 Å². The number of methoxy groups -OCH3 is 2. The molecule has 1 aliphatic rings. The summed E-state index contributed by atoms with van der Waals surface area (Å²) in [5, 5.41) is 3.22. The zero-order valence-corrected chi connectivity index (χ0v) is 16.9. The van der Waals surface area contributed by atoms with Gasteiger partial charge in [-0.15, -0.1) is 0 Å². The minimum absolute atomic E-state index is 0.00536. The highest BCUT2D eigenvalue weighted by Gasteiger charge is 2.25. The zero-order chi connectivity index (χ0) is 20.7. The van der Waals surface area contributed by atoms with Crippen molar-refractivity contribution in [3.05, 3.63) is 46.5 Å². The number of benzene rings is 1. The quantitative estimate of drug-likeness (QED) is 0.588. The van der Waals surface area contributed by atoms with Gasteiger partial charge in [-0.2, -0.15) is 0 Å². The Balaban J connectivity index is 2.26. The number of rotatable bonds is 6. The third kappa shape index (κ3) is 5.19. The first-order valence-electron chi connectivity index (χ1n) is 9.37. The normalized spacial score (nSPS) is 15.1. The molecule has 0 aliphatic carbocycles. The van der Waals surface area contributed by atoms with Crippen LogP contribution < -0.4 is 5.32 Å². The van der Waals surface area contributed by atoms with E-state index in [-0.39, 0.29) is 23.8 Å². The summed E-state index contributed by atoms with van der Waals surface area (Å²) in [6.45, 7) is 6.61. The Morgan fingerprint density at radius 2 is 1.57 bits per heavy atom. The summed E-state index contributed by atoms with van der Waals surface area (Å²) in [4.78, 5) is 38.9. The molecule has 0 saturated carbocycles. The Labute approximate surface area is 165 Å². The molecule has 0 radical (unpaired) electrons. The molecular weight excluding hydrogens is 360 g/mol. The Kier molecular flexibility index (Phi) is 7.75. The Morgan fingerprint density at radius 3 is 2.07 bits per heavy atom. The number of ether oxygens (including phenoxy) is 2. The largest absolute Gasteiger partial charge is 0.466 e. The standard InChI is InChI=1S/C21H28N2O5/c1-14(2)18(21(26)28-4)17(20(25)27-3)13-15-5-7-16(8-6-15)19(24)23-11-9-22-10-12-23/h5-8,14,22H,9-13H2,1-4H3. The highest BCUT2D eigenvalue weighted by molar-refractivity contribution is 6.01. The van der Waals surface area contributed by atoms with Gasteiger partial charge in [0.05, 0.1) is 25.4 Å². The van der Waals surface area contributed by atoms with E-state index >= 15 is 0 Å². The molecule has 0 unspecified atom stereocenters. The van der Waals surface area contributed by atoms with Crippen molar-refractivity contribution < 1.29 is 23.9 Å². The average Bonchev–Trinajstić information content (AvgIpc) is 2.72. The van der Waals surface area contributed by atoms with E-state index in [1.54, 1.807) is 24.3 Å². The summed E-state index contributed by atoms with van der Waals surface area (Å²) < 4.78 is 9.73. The molecular formula is C21H28N2O5. The van der Waals surface area contributed by atoms with Crippen LogP contribution in [0, 0.1) is 5.92 Å². The second kappa shape index (κ2) is 10.0. The summed E-state index contributed by atoms with van der Waals surface area (Å²) in [5.41, 5.74) is 1.98. The lowest BCUT2D eigenvalue weighted by Crippen LogP contribution is -2.46. The molecule has 7 nitrogen and oxygen atoms in total. The van der Waals surface area contributed by atoms with Gasteiger partial charge in [0, 0.05) is 38.2 Å². The Hall–Kier alpha value is -2.67. The highest BCUT2D eigenvalue weighted by Crippen LogP contribution is 2.22. The first kappa shape index (κ1) is 21.6. The third-order valence-electron chi connectivity index (χ3n) is 4.73. The molecule has 7 heteroatoms. The minimum atomic E-state index is -0.560. The number of esters is 2. The van der Waals surface area contributed by atoms with Gasteiger partial charge in [-0.1, -0.05) is 26.0 Å². The maximum Gasteiger partial charge on any atom is 0.334 e. The smallest absolute Gasteiger partial charge is 0.334 e. The Morgan fingerprint density at radius 1 is 1.00 bits per heavy atom. The van der Waals surface area contributed by atoms with E-state index in [2.05, 4.69) is 5.32 Å². The molecule has 2 rings (SSSR count). The van der Waals surface area contributed by atoms with Crippen LogP contribution in [0.25, 0.3) is 0 Å². The van der Waals surface area contributed by atoms with Gasteiger partial charge >= 0.3 is 11.9 Å². The SMILES string of the molecule is COC(=O)C(Cc1ccc(C(=O)N2CCNCC2)cc1)=C(C(=O)OC)C(C)C. The van der Waals surface area contributed by atoms with E-state index in [1.807, 2.05) is 18.7 Å². The summed E-state index contributed by atoms with van der Waals surface area (Å²) >= 11 is 0. The molecule has 1 N–H and O–H groups in total. The molecule has 152 valence electrons. The summed E-state index contributed by atoms with van der Waals surface area (Å²) in [6.07, 6.45) is 0.220. The molecule has 0 spiro atoms. The maximum atomic E-state index is 12.6. The molecule has 1 aromatic carbocycles. The lowest BCUT2D eigenvalue weighted by molar-refractivity contribution is -0.139. The monoisotopic (exact) mass is 388 g/mol. The number of carbonyl (C=O) groups excluding carboxylic acids is 3. The van der Waals surface area contributed by atoms with Crippen molar-refractivity contribution in [2.24, 2.45) is 5.92 Å². The van der Waals surface area contributed by atoms with Crippen molar-refractivity contribution in [1.29, 1.82) is 0 Å². The predicted molar refractivity (Wildman–Crippen MR) is 105 cm³/mol. The van der Waals surface area contributed by atoms with Crippen LogP contribution in [0.15, 0.2) is 35.4 Å². The average molecular weight is 388 g/mol.